The Bertz CT molecular complexity index is 637. The lowest BCUT2D eigenvalue weighted by Gasteiger charge is -2.31. The van der Waals surface area contributed by atoms with E-state index in [0.29, 0.717) is 24.5 Å². The third-order valence-electron chi connectivity index (χ3n) is 5.28. The third-order valence-corrected chi connectivity index (χ3v) is 5.51. The number of halogens is 1. The summed E-state index contributed by atoms with van der Waals surface area (Å²) in [6.07, 6.45) is 4.08. The van der Waals surface area contributed by atoms with Crippen molar-refractivity contribution in [2.24, 2.45) is 0 Å². The van der Waals surface area contributed by atoms with E-state index < -0.39 is 0 Å². The highest BCUT2D eigenvalue weighted by Gasteiger charge is 2.37. The van der Waals surface area contributed by atoms with Crippen molar-refractivity contribution in [2.75, 3.05) is 20.2 Å². The molecule has 0 aliphatic carbocycles. The van der Waals surface area contributed by atoms with Crippen LogP contribution in [0.5, 0.6) is 0 Å². The van der Waals surface area contributed by atoms with Gasteiger partial charge in [-0.25, -0.2) is 0 Å². The van der Waals surface area contributed by atoms with Crippen LogP contribution in [-0.2, 0) is 20.9 Å². The Morgan fingerprint density at radius 2 is 2.12 bits per heavy atom. The van der Waals surface area contributed by atoms with Crippen molar-refractivity contribution in [3.05, 3.63) is 34.9 Å². The molecule has 0 bridgehead atoms. The van der Waals surface area contributed by atoms with Gasteiger partial charge >= 0.3 is 5.97 Å². The molecule has 1 amide bonds. The Hall–Kier alpha value is -1.59. The first-order chi connectivity index (χ1) is 12.1. The lowest BCUT2D eigenvalue weighted by molar-refractivity contribution is -0.146. The number of rotatable bonds is 4. The number of hydrogen-bond donors (Lipinski definition) is 0. The number of ether oxygens (including phenoxy) is 1. The lowest BCUT2D eigenvalue weighted by atomic mass is 10.1. The highest BCUT2D eigenvalue weighted by atomic mass is 35.5. The van der Waals surface area contributed by atoms with Crippen LogP contribution in [0.4, 0.5) is 0 Å². The predicted octanol–water partition coefficient (Wildman–Crippen LogP) is 2.86. The summed E-state index contributed by atoms with van der Waals surface area (Å²) in [4.78, 5) is 28.7. The van der Waals surface area contributed by atoms with Crippen LogP contribution in [0.1, 0.15) is 37.7 Å². The van der Waals surface area contributed by atoms with E-state index in [0.717, 1.165) is 37.8 Å². The van der Waals surface area contributed by atoms with Gasteiger partial charge in [0.15, 0.2) is 0 Å². The van der Waals surface area contributed by atoms with E-state index in [4.69, 9.17) is 16.3 Å². The van der Waals surface area contributed by atoms with Gasteiger partial charge in [-0.1, -0.05) is 23.7 Å². The van der Waals surface area contributed by atoms with Crippen LogP contribution in [0.25, 0.3) is 0 Å². The quantitative estimate of drug-likeness (QED) is 0.771. The predicted molar refractivity (Wildman–Crippen MR) is 96.3 cm³/mol. The van der Waals surface area contributed by atoms with Crippen molar-refractivity contribution in [2.45, 2.75) is 50.7 Å². The maximum Gasteiger partial charge on any atom is 0.323 e. The van der Waals surface area contributed by atoms with Crippen LogP contribution in [0.15, 0.2) is 24.3 Å². The molecule has 0 N–H and O–H groups in total. The molecule has 0 saturated carbocycles. The molecule has 1 aromatic carbocycles. The highest BCUT2D eigenvalue weighted by Crippen LogP contribution is 2.27. The minimum atomic E-state index is -0.149. The molecule has 2 atom stereocenters. The lowest BCUT2D eigenvalue weighted by Crippen LogP contribution is -2.44. The van der Waals surface area contributed by atoms with Crippen LogP contribution in [0.3, 0.4) is 0 Å². The largest absolute Gasteiger partial charge is 0.468 e. The van der Waals surface area contributed by atoms with Crippen LogP contribution >= 0.6 is 11.6 Å². The van der Waals surface area contributed by atoms with Gasteiger partial charge < -0.3 is 9.64 Å². The molecule has 5 nitrogen and oxygen atoms in total. The third kappa shape index (κ3) is 4.33. The molecule has 136 valence electrons. The summed E-state index contributed by atoms with van der Waals surface area (Å²) in [7, 11) is 1.45. The van der Waals surface area contributed by atoms with Crippen LogP contribution in [-0.4, -0.2) is 54.0 Å². The smallest absolute Gasteiger partial charge is 0.323 e. The van der Waals surface area contributed by atoms with E-state index in [1.807, 2.05) is 29.2 Å². The zero-order valence-electron chi connectivity index (χ0n) is 14.6. The molecule has 2 saturated heterocycles. The second kappa shape index (κ2) is 8.19. The second-order valence-electron chi connectivity index (χ2n) is 6.85. The zero-order chi connectivity index (χ0) is 17.8. The molecule has 2 fully saturated rings. The summed E-state index contributed by atoms with van der Waals surface area (Å²) in [6.45, 7) is 2.21. The molecule has 25 heavy (non-hydrogen) atoms. The SMILES string of the molecule is COC(=O)[C@@H]1CCCN1C1CCC(=O)N(Cc2cccc(Cl)c2)CC1. The van der Waals surface area contributed by atoms with E-state index in [2.05, 4.69) is 4.90 Å². The van der Waals surface area contributed by atoms with E-state index in [1.165, 1.54) is 7.11 Å². The molecule has 1 unspecified atom stereocenters. The first-order valence-electron chi connectivity index (χ1n) is 8.94. The van der Waals surface area contributed by atoms with Crippen molar-refractivity contribution < 1.29 is 14.3 Å². The van der Waals surface area contributed by atoms with Gasteiger partial charge in [-0.15, -0.1) is 0 Å². The van der Waals surface area contributed by atoms with Gasteiger partial charge in [0, 0.05) is 30.6 Å². The average Bonchev–Trinajstić information content (AvgIpc) is 3.02. The number of amides is 1. The number of hydrogen-bond acceptors (Lipinski definition) is 4. The Balaban J connectivity index is 1.64. The number of likely N-dealkylation sites (tertiary alicyclic amines) is 2. The Morgan fingerprint density at radius 1 is 1.28 bits per heavy atom. The summed E-state index contributed by atoms with van der Waals surface area (Å²) in [5.74, 6) is 0.0279. The van der Waals surface area contributed by atoms with Crippen molar-refractivity contribution in [1.82, 2.24) is 9.80 Å². The number of benzene rings is 1. The first kappa shape index (κ1) is 18.2. The fourth-order valence-corrected chi connectivity index (χ4v) is 4.20. The Morgan fingerprint density at radius 3 is 2.88 bits per heavy atom. The second-order valence-corrected chi connectivity index (χ2v) is 7.28. The van der Waals surface area contributed by atoms with Gasteiger partial charge in [0.2, 0.25) is 5.91 Å². The monoisotopic (exact) mass is 364 g/mol. The summed E-state index contributed by atoms with van der Waals surface area (Å²) in [5.41, 5.74) is 1.05. The van der Waals surface area contributed by atoms with Crippen molar-refractivity contribution >= 4 is 23.5 Å². The average molecular weight is 365 g/mol. The summed E-state index contributed by atoms with van der Waals surface area (Å²) in [6, 6.07) is 7.77. The van der Waals surface area contributed by atoms with Crippen molar-refractivity contribution in [3.63, 3.8) is 0 Å². The number of carbonyl (C=O) groups is 2. The van der Waals surface area contributed by atoms with Gasteiger partial charge in [-0.05, 0) is 49.9 Å². The van der Waals surface area contributed by atoms with Crippen molar-refractivity contribution in [1.29, 1.82) is 0 Å². The van der Waals surface area contributed by atoms with E-state index >= 15 is 0 Å². The van der Waals surface area contributed by atoms with Gasteiger partial charge in [0.1, 0.15) is 6.04 Å². The van der Waals surface area contributed by atoms with Crippen LogP contribution in [0.2, 0.25) is 5.02 Å². The zero-order valence-corrected chi connectivity index (χ0v) is 15.4. The molecule has 0 radical (unpaired) electrons. The minimum Gasteiger partial charge on any atom is -0.468 e. The van der Waals surface area contributed by atoms with Crippen LogP contribution < -0.4 is 0 Å². The highest BCUT2D eigenvalue weighted by molar-refractivity contribution is 6.30. The topological polar surface area (TPSA) is 49.9 Å². The molecule has 2 aliphatic heterocycles. The van der Waals surface area contributed by atoms with E-state index in [1.54, 1.807) is 0 Å². The fraction of sp³-hybridized carbons (Fsp3) is 0.579. The number of methoxy groups -OCH3 is 1. The molecule has 1 aromatic rings. The number of esters is 1. The standard InChI is InChI=1S/C19H25ClN2O3/c1-25-19(24)17-6-3-10-22(17)16-7-8-18(23)21(11-9-16)13-14-4-2-5-15(20)12-14/h2,4-5,12,16-17H,3,6-11,13H2,1H3/t16?,17-/m0/s1. The Labute approximate surface area is 153 Å². The Kier molecular flexibility index (Phi) is 5.97. The number of carbonyl (C=O) groups excluding carboxylic acids is 2. The van der Waals surface area contributed by atoms with E-state index in [9.17, 15) is 9.59 Å². The van der Waals surface area contributed by atoms with E-state index in [-0.39, 0.29) is 24.0 Å². The molecule has 0 spiro atoms. The minimum absolute atomic E-state index is 0.149. The molecule has 0 aromatic heterocycles. The van der Waals surface area contributed by atoms with Gasteiger partial charge in [-0.2, -0.15) is 0 Å². The molecular weight excluding hydrogens is 340 g/mol. The van der Waals surface area contributed by atoms with Gasteiger partial charge in [0.05, 0.1) is 7.11 Å². The first-order valence-corrected chi connectivity index (χ1v) is 9.32. The van der Waals surface area contributed by atoms with Crippen LogP contribution in [0, 0.1) is 0 Å². The summed E-state index contributed by atoms with van der Waals surface area (Å²) >= 11 is 6.05. The molecule has 3 rings (SSSR count). The van der Waals surface area contributed by atoms with Crippen molar-refractivity contribution in [3.8, 4) is 0 Å². The number of nitrogens with zero attached hydrogens (tertiary/aromatic N) is 2. The normalized spacial score (nSPS) is 25.0. The molecule has 6 heteroatoms. The maximum atomic E-state index is 12.5. The summed E-state index contributed by atoms with van der Waals surface area (Å²) < 4.78 is 4.95. The summed E-state index contributed by atoms with van der Waals surface area (Å²) in [5, 5.41) is 0.690. The molecule has 2 heterocycles. The van der Waals surface area contributed by atoms with Gasteiger partial charge in [0.25, 0.3) is 0 Å². The van der Waals surface area contributed by atoms with Gasteiger partial charge in [-0.3, -0.25) is 14.5 Å². The maximum absolute atomic E-state index is 12.5. The molecule has 2 aliphatic rings. The molecular formula is C19H25ClN2O3. The fourth-order valence-electron chi connectivity index (χ4n) is 3.99.